The minimum Gasteiger partial charge on any atom is -0.455 e. The van der Waals surface area contributed by atoms with Crippen LogP contribution in [0.4, 0.5) is 0 Å². The minimum absolute atomic E-state index is 0.518. The monoisotopic (exact) mass is 794 g/mol. The molecule has 0 atom stereocenters. The third-order valence-corrected chi connectivity index (χ3v) is 11.9. The summed E-state index contributed by atoms with van der Waals surface area (Å²) in [6, 6.07) is 66.5. The molecular formula is C55H34N6O. The van der Waals surface area contributed by atoms with Crippen LogP contribution in [-0.4, -0.2) is 29.9 Å². The lowest BCUT2D eigenvalue weighted by molar-refractivity contribution is 0.439. The van der Waals surface area contributed by atoms with Crippen LogP contribution in [0, 0.1) is 0 Å². The quantitative estimate of drug-likeness (QED) is 0.166. The van der Waals surface area contributed by atoms with Gasteiger partial charge in [-0.25, -0.2) is 19.9 Å². The second-order valence-electron chi connectivity index (χ2n) is 15.4. The number of para-hydroxylation sites is 2. The second kappa shape index (κ2) is 14.4. The molecule has 0 radical (unpaired) electrons. The van der Waals surface area contributed by atoms with Gasteiger partial charge in [-0.1, -0.05) is 152 Å². The van der Waals surface area contributed by atoms with Crippen molar-refractivity contribution in [1.29, 1.82) is 0 Å². The molecule has 6 aromatic carbocycles. The van der Waals surface area contributed by atoms with E-state index >= 15 is 0 Å². The van der Waals surface area contributed by atoms with Crippen LogP contribution in [-0.2, 0) is 5.41 Å². The van der Waals surface area contributed by atoms with E-state index in [4.69, 9.17) is 34.6 Å². The minimum atomic E-state index is -0.750. The molecule has 7 nitrogen and oxygen atoms in total. The third kappa shape index (κ3) is 5.59. The van der Waals surface area contributed by atoms with Gasteiger partial charge in [0.2, 0.25) is 0 Å². The predicted octanol–water partition coefficient (Wildman–Crippen LogP) is 12.5. The molecule has 0 saturated heterocycles. The van der Waals surface area contributed by atoms with Crippen molar-refractivity contribution >= 4 is 0 Å². The van der Waals surface area contributed by atoms with E-state index in [1.807, 2.05) is 97.1 Å². The maximum absolute atomic E-state index is 7.50. The van der Waals surface area contributed by atoms with E-state index in [1.165, 1.54) is 22.3 Å². The Morgan fingerprint density at radius 2 is 0.742 bits per heavy atom. The first kappa shape index (κ1) is 35.5. The number of hydrogen-bond donors (Lipinski definition) is 0. The van der Waals surface area contributed by atoms with Crippen molar-refractivity contribution in [2.75, 3.05) is 0 Å². The van der Waals surface area contributed by atoms with Gasteiger partial charge in [0.05, 0.1) is 33.8 Å². The Morgan fingerprint density at radius 3 is 1.27 bits per heavy atom. The number of ether oxygens (including phenoxy) is 1. The van der Waals surface area contributed by atoms with Gasteiger partial charge in [-0.05, 0) is 70.3 Å². The summed E-state index contributed by atoms with van der Waals surface area (Å²) in [5, 5.41) is 0. The highest BCUT2D eigenvalue weighted by atomic mass is 16.5. The van der Waals surface area contributed by atoms with Gasteiger partial charge < -0.3 is 4.74 Å². The Balaban J connectivity index is 1.16. The van der Waals surface area contributed by atoms with Crippen molar-refractivity contribution < 1.29 is 4.74 Å². The standard InChI is InChI=1S/C55H34N6O/c1-3-17-35(18-4-1)52-59-53(36-19-5-2-6-20-36)61-54(60-52)41-24-16-28-45-51(41)62-50-38(37-33-48(46-29-11-13-31-56-46)58-49(34-37)47-30-12-14-32-57-47)23-15-27-44(50)55(45)42-25-9-7-21-39(42)40-22-8-10-26-43(40)55/h1-34H. The highest BCUT2D eigenvalue weighted by Gasteiger charge is 2.52. The maximum atomic E-state index is 7.50. The van der Waals surface area contributed by atoms with E-state index < -0.39 is 5.41 Å². The Bertz CT molecular complexity index is 2980. The van der Waals surface area contributed by atoms with E-state index in [2.05, 4.69) is 97.1 Å². The summed E-state index contributed by atoms with van der Waals surface area (Å²) in [5.41, 5.74) is 13.4. The van der Waals surface area contributed by atoms with Crippen LogP contribution in [0.25, 0.3) is 79.2 Å². The van der Waals surface area contributed by atoms with E-state index in [0.717, 1.165) is 67.5 Å². The molecule has 0 saturated carbocycles. The highest BCUT2D eigenvalue weighted by Crippen LogP contribution is 2.64. The molecule has 0 unspecified atom stereocenters. The van der Waals surface area contributed by atoms with Crippen molar-refractivity contribution in [2.24, 2.45) is 0 Å². The van der Waals surface area contributed by atoms with Gasteiger partial charge >= 0.3 is 0 Å². The van der Waals surface area contributed by atoms with Gasteiger partial charge in [0, 0.05) is 40.2 Å². The molecule has 12 rings (SSSR count). The van der Waals surface area contributed by atoms with E-state index in [1.54, 1.807) is 12.4 Å². The lowest BCUT2D eigenvalue weighted by atomic mass is 9.65. The van der Waals surface area contributed by atoms with Crippen LogP contribution in [0.1, 0.15) is 22.3 Å². The van der Waals surface area contributed by atoms with Gasteiger partial charge in [-0.2, -0.15) is 0 Å². The number of benzene rings is 6. The molecule has 5 heterocycles. The summed E-state index contributed by atoms with van der Waals surface area (Å²) >= 11 is 0. The molecule has 4 aromatic heterocycles. The fraction of sp³-hybridized carbons (Fsp3) is 0.0182. The molecule has 10 aromatic rings. The normalized spacial score (nSPS) is 12.8. The maximum Gasteiger partial charge on any atom is 0.167 e. The fourth-order valence-electron chi connectivity index (χ4n) is 9.26. The van der Waals surface area contributed by atoms with Gasteiger partial charge in [-0.15, -0.1) is 0 Å². The summed E-state index contributed by atoms with van der Waals surface area (Å²) in [6.07, 6.45) is 3.59. The first-order chi connectivity index (χ1) is 30.7. The molecule has 62 heavy (non-hydrogen) atoms. The number of aromatic nitrogens is 6. The molecule has 7 heteroatoms. The molecule has 0 amide bonds. The Hall–Kier alpha value is -8.42. The van der Waals surface area contributed by atoms with Crippen molar-refractivity contribution in [2.45, 2.75) is 5.41 Å². The number of fused-ring (bicyclic) bond motifs is 9. The molecule has 0 N–H and O–H groups in total. The SMILES string of the molecule is c1ccc(-c2nc(-c3ccccc3)nc(-c3cccc4c3Oc3c(-c5cc(-c6ccccn6)nc(-c6ccccn6)c5)cccc3C43c4ccccc4-c4ccccc43)n2)cc1. The third-order valence-electron chi connectivity index (χ3n) is 11.9. The van der Waals surface area contributed by atoms with Crippen LogP contribution in [0.3, 0.4) is 0 Å². The summed E-state index contributed by atoms with van der Waals surface area (Å²) in [6.45, 7) is 0. The summed E-state index contributed by atoms with van der Waals surface area (Å²) in [4.78, 5) is 30.0. The predicted molar refractivity (Wildman–Crippen MR) is 243 cm³/mol. The molecule has 1 aliphatic carbocycles. The van der Waals surface area contributed by atoms with Gasteiger partial charge in [0.1, 0.15) is 11.5 Å². The number of nitrogens with zero attached hydrogens (tertiary/aromatic N) is 6. The largest absolute Gasteiger partial charge is 0.455 e. The van der Waals surface area contributed by atoms with E-state index in [-0.39, 0.29) is 0 Å². The van der Waals surface area contributed by atoms with E-state index in [9.17, 15) is 0 Å². The second-order valence-corrected chi connectivity index (χ2v) is 15.4. The molecule has 0 bridgehead atoms. The molecule has 1 aliphatic heterocycles. The molecule has 0 fully saturated rings. The number of hydrogen-bond acceptors (Lipinski definition) is 7. The molecular weight excluding hydrogens is 761 g/mol. The zero-order valence-electron chi connectivity index (χ0n) is 33.2. The summed E-state index contributed by atoms with van der Waals surface area (Å²) in [5.74, 6) is 3.10. The Kier molecular flexibility index (Phi) is 8.25. The van der Waals surface area contributed by atoms with Crippen LogP contribution in [0.15, 0.2) is 207 Å². The van der Waals surface area contributed by atoms with Crippen molar-refractivity contribution in [3.8, 4) is 90.7 Å². The van der Waals surface area contributed by atoms with Gasteiger partial charge in [-0.3, -0.25) is 9.97 Å². The summed E-state index contributed by atoms with van der Waals surface area (Å²) in [7, 11) is 0. The zero-order chi connectivity index (χ0) is 41.0. The number of pyridine rings is 3. The topological polar surface area (TPSA) is 86.6 Å². The van der Waals surface area contributed by atoms with Crippen LogP contribution in [0.5, 0.6) is 11.5 Å². The lowest BCUT2D eigenvalue weighted by Crippen LogP contribution is -2.32. The Labute approximate surface area is 358 Å². The van der Waals surface area contributed by atoms with Gasteiger partial charge in [0.15, 0.2) is 17.5 Å². The van der Waals surface area contributed by atoms with Crippen LogP contribution >= 0.6 is 0 Å². The molecule has 1 spiro atoms. The van der Waals surface area contributed by atoms with Gasteiger partial charge in [0.25, 0.3) is 0 Å². The molecule has 2 aliphatic rings. The average Bonchev–Trinajstić information content (AvgIpc) is 3.65. The zero-order valence-corrected chi connectivity index (χ0v) is 33.2. The highest BCUT2D eigenvalue weighted by molar-refractivity contribution is 5.92. The van der Waals surface area contributed by atoms with Crippen LogP contribution in [0.2, 0.25) is 0 Å². The number of rotatable bonds is 6. The van der Waals surface area contributed by atoms with Crippen molar-refractivity contribution in [3.63, 3.8) is 0 Å². The Morgan fingerprint density at radius 1 is 0.306 bits per heavy atom. The van der Waals surface area contributed by atoms with Crippen molar-refractivity contribution in [1.82, 2.24) is 29.9 Å². The fourth-order valence-corrected chi connectivity index (χ4v) is 9.26. The lowest BCUT2D eigenvalue weighted by Gasteiger charge is -2.40. The van der Waals surface area contributed by atoms with E-state index in [0.29, 0.717) is 23.2 Å². The van der Waals surface area contributed by atoms with Crippen molar-refractivity contribution in [3.05, 3.63) is 229 Å². The first-order valence-electron chi connectivity index (χ1n) is 20.6. The first-order valence-corrected chi connectivity index (χ1v) is 20.6. The smallest absolute Gasteiger partial charge is 0.167 e. The molecule has 290 valence electrons. The van der Waals surface area contributed by atoms with Crippen LogP contribution < -0.4 is 4.74 Å². The summed E-state index contributed by atoms with van der Waals surface area (Å²) < 4.78 is 7.50. The average molecular weight is 795 g/mol.